The third-order valence-corrected chi connectivity index (χ3v) is 4.22. The molecule has 2 heterocycles. The van der Waals surface area contributed by atoms with Crippen LogP contribution in [-0.2, 0) is 6.42 Å². The summed E-state index contributed by atoms with van der Waals surface area (Å²) in [5.74, 6) is 0. The molecule has 0 spiro atoms. The first kappa shape index (κ1) is 11.5. The van der Waals surface area contributed by atoms with E-state index in [1.807, 2.05) is 24.4 Å². The smallest absolute Gasteiger partial charge is 0.107 e. The predicted octanol–water partition coefficient (Wildman–Crippen LogP) is 3.84. The Hall–Kier alpha value is -1.00. The predicted molar refractivity (Wildman–Crippen MR) is 69.6 cm³/mol. The summed E-state index contributed by atoms with van der Waals surface area (Å²) in [5.41, 5.74) is 1.32. The summed E-state index contributed by atoms with van der Waals surface area (Å²) in [6.45, 7) is 2.15. The summed E-state index contributed by atoms with van der Waals surface area (Å²) >= 11 is 0. The first-order valence-electron chi connectivity index (χ1n) is 5.09. The molecule has 0 aliphatic rings. The first-order valence-corrected chi connectivity index (χ1v) is 7.24. The molecule has 82 valence electrons. The summed E-state index contributed by atoms with van der Waals surface area (Å²) in [5, 5.41) is 2.05. The van der Waals surface area contributed by atoms with Crippen molar-refractivity contribution in [1.82, 2.24) is 9.97 Å². The molecule has 0 fully saturated rings. The minimum Gasteiger partial charge on any atom is -0.249 e. The Bertz CT molecular complexity index is 446. The van der Waals surface area contributed by atoms with Gasteiger partial charge in [0.1, 0.15) is 10.1 Å². The van der Waals surface area contributed by atoms with Crippen molar-refractivity contribution in [2.24, 2.45) is 0 Å². The van der Waals surface area contributed by atoms with Crippen molar-refractivity contribution >= 4 is 21.6 Å². The van der Waals surface area contributed by atoms with Crippen molar-refractivity contribution in [3.63, 3.8) is 0 Å². The molecule has 0 saturated heterocycles. The molecule has 2 aromatic heterocycles. The van der Waals surface area contributed by atoms with Gasteiger partial charge >= 0.3 is 0 Å². The van der Waals surface area contributed by atoms with Crippen LogP contribution in [0.1, 0.15) is 12.5 Å². The molecule has 0 saturated carbocycles. The molecule has 0 aliphatic carbocycles. The molecule has 0 unspecified atom stereocenters. The largest absolute Gasteiger partial charge is 0.249 e. The normalized spacial score (nSPS) is 10.3. The van der Waals surface area contributed by atoms with Crippen molar-refractivity contribution in [2.75, 3.05) is 0 Å². The molecule has 0 N–H and O–H groups in total. The first-order chi connectivity index (χ1) is 7.88. The molecule has 16 heavy (non-hydrogen) atoms. The minimum atomic E-state index is 1.01. The molecule has 0 radical (unpaired) electrons. The van der Waals surface area contributed by atoms with Crippen LogP contribution in [0.2, 0.25) is 0 Å². The lowest BCUT2D eigenvalue weighted by Gasteiger charge is -2.01. The van der Waals surface area contributed by atoms with Crippen LogP contribution in [0.15, 0.2) is 52.8 Å². The number of nitrogens with zero attached hydrogens (tertiary/aromatic N) is 2. The van der Waals surface area contributed by atoms with E-state index in [4.69, 9.17) is 0 Å². The van der Waals surface area contributed by atoms with Crippen LogP contribution in [0.25, 0.3) is 0 Å². The highest BCUT2D eigenvalue weighted by atomic mass is 33.1. The van der Waals surface area contributed by atoms with Crippen LogP contribution < -0.4 is 0 Å². The molecule has 4 heteroatoms. The molecule has 0 bridgehead atoms. The van der Waals surface area contributed by atoms with Gasteiger partial charge in [-0.25, -0.2) is 9.97 Å². The fraction of sp³-hybridized carbons (Fsp3) is 0.167. The molecule has 0 aliphatic heterocycles. The Balaban J connectivity index is 1.99. The maximum absolute atomic E-state index is 4.32. The van der Waals surface area contributed by atoms with E-state index in [1.165, 1.54) is 5.56 Å². The second-order valence-electron chi connectivity index (χ2n) is 3.19. The van der Waals surface area contributed by atoms with E-state index in [2.05, 4.69) is 29.0 Å². The molecule has 2 aromatic rings. The van der Waals surface area contributed by atoms with Crippen LogP contribution in [0.4, 0.5) is 0 Å². The number of aromatic nitrogens is 2. The quantitative estimate of drug-likeness (QED) is 0.768. The second-order valence-corrected chi connectivity index (χ2v) is 5.36. The standard InChI is InChI=1S/C12H12N2S2/c1-2-10-6-8-14-12(9-10)16-15-11-5-3-4-7-13-11/h3-9H,2H2,1H3. The molecule has 2 nitrogen and oxygen atoms in total. The van der Waals surface area contributed by atoms with Crippen molar-refractivity contribution in [1.29, 1.82) is 0 Å². The Kier molecular flexibility index (Phi) is 4.25. The van der Waals surface area contributed by atoms with Gasteiger partial charge in [-0.15, -0.1) is 0 Å². The highest BCUT2D eigenvalue weighted by Crippen LogP contribution is 2.34. The number of rotatable bonds is 4. The van der Waals surface area contributed by atoms with E-state index in [0.29, 0.717) is 0 Å². The van der Waals surface area contributed by atoms with Crippen molar-refractivity contribution in [3.8, 4) is 0 Å². The minimum absolute atomic E-state index is 1.01. The third-order valence-electron chi connectivity index (χ3n) is 2.06. The summed E-state index contributed by atoms with van der Waals surface area (Å²) in [6, 6.07) is 10.1. The molecular weight excluding hydrogens is 236 g/mol. The second kappa shape index (κ2) is 5.92. The zero-order valence-corrected chi connectivity index (χ0v) is 10.6. The fourth-order valence-electron chi connectivity index (χ4n) is 1.20. The molecule has 2 rings (SSSR count). The van der Waals surface area contributed by atoms with E-state index in [1.54, 1.807) is 27.8 Å². The highest BCUT2D eigenvalue weighted by Gasteiger charge is 2.00. The topological polar surface area (TPSA) is 25.8 Å². The van der Waals surface area contributed by atoms with Crippen LogP contribution >= 0.6 is 21.6 Å². The lowest BCUT2D eigenvalue weighted by atomic mass is 10.2. The van der Waals surface area contributed by atoms with Gasteiger partial charge in [0.25, 0.3) is 0 Å². The summed E-state index contributed by atoms with van der Waals surface area (Å²) in [6.07, 6.45) is 4.71. The molecule has 0 aromatic carbocycles. The van der Waals surface area contributed by atoms with E-state index in [0.717, 1.165) is 16.5 Å². The zero-order valence-electron chi connectivity index (χ0n) is 8.96. The number of pyridine rings is 2. The Labute approximate surface area is 103 Å². The van der Waals surface area contributed by atoms with Crippen molar-refractivity contribution in [2.45, 2.75) is 23.4 Å². The van der Waals surface area contributed by atoms with Gasteiger partial charge in [0, 0.05) is 12.4 Å². The maximum Gasteiger partial charge on any atom is 0.107 e. The third kappa shape index (κ3) is 3.25. The summed E-state index contributed by atoms with van der Waals surface area (Å²) < 4.78 is 0. The fourth-order valence-corrected chi connectivity index (χ4v) is 2.99. The molecular formula is C12H12N2S2. The van der Waals surface area contributed by atoms with Crippen LogP contribution in [0.5, 0.6) is 0 Å². The van der Waals surface area contributed by atoms with E-state index < -0.39 is 0 Å². The van der Waals surface area contributed by atoms with Gasteiger partial charge in [-0.05, 0) is 57.8 Å². The van der Waals surface area contributed by atoms with Gasteiger partial charge in [0.15, 0.2) is 0 Å². The number of aryl methyl sites for hydroxylation is 1. The Morgan fingerprint density at radius 3 is 2.56 bits per heavy atom. The summed E-state index contributed by atoms with van der Waals surface area (Å²) in [4.78, 5) is 8.57. The average Bonchev–Trinajstić information content (AvgIpc) is 2.38. The summed E-state index contributed by atoms with van der Waals surface area (Å²) in [7, 11) is 3.28. The van der Waals surface area contributed by atoms with E-state index in [9.17, 15) is 0 Å². The zero-order chi connectivity index (χ0) is 11.2. The van der Waals surface area contributed by atoms with Crippen LogP contribution in [0.3, 0.4) is 0 Å². The Morgan fingerprint density at radius 2 is 1.81 bits per heavy atom. The van der Waals surface area contributed by atoms with Gasteiger partial charge in [-0.3, -0.25) is 0 Å². The van der Waals surface area contributed by atoms with E-state index >= 15 is 0 Å². The van der Waals surface area contributed by atoms with Gasteiger partial charge in [0.05, 0.1) is 0 Å². The number of hydrogen-bond acceptors (Lipinski definition) is 4. The van der Waals surface area contributed by atoms with Crippen LogP contribution in [0, 0.1) is 0 Å². The molecule has 0 atom stereocenters. The van der Waals surface area contributed by atoms with Crippen molar-refractivity contribution in [3.05, 3.63) is 48.3 Å². The average molecular weight is 248 g/mol. The van der Waals surface area contributed by atoms with Gasteiger partial charge in [-0.1, -0.05) is 13.0 Å². The van der Waals surface area contributed by atoms with Gasteiger partial charge in [0.2, 0.25) is 0 Å². The SMILES string of the molecule is CCc1ccnc(SSc2ccccn2)c1. The monoisotopic (exact) mass is 248 g/mol. The van der Waals surface area contributed by atoms with E-state index in [-0.39, 0.29) is 0 Å². The lowest BCUT2D eigenvalue weighted by molar-refractivity contribution is 1.05. The Morgan fingerprint density at radius 1 is 1.00 bits per heavy atom. The number of hydrogen-bond donors (Lipinski definition) is 0. The van der Waals surface area contributed by atoms with Gasteiger partial charge in [-0.2, -0.15) is 0 Å². The van der Waals surface area contributed by atoms with Crippen molar-refractivity contribution < 1.29 is 0 Å². The van der Waals surface area contributed by atoms with Crippen LogP contribution in [-0.4, -0.2) is 9.97 Å². The maximum atomic E-state index is 4.32. The van der Waals surface area contributed by atoms with Gasteiger partial charge < -0.3 is 0 Å². The molecule has 0 amide bonds. The highest BCUT2D eigenvalue weighted by molar-refractivity contribution is 8.76. The lowest BCUT2D eigenvalue weighted by Crippen LogP contribution is -1.83.